The summed E-state index contributed by atoms with van der Waals surface area (Å²) in [6.07, 6.45) is 3.37. The van der Waals surface area contributed by atoms with Gasteiger partial charge in [0.25, 0.3) is 0 Å². The zero-order valence-corrected chi connectivity index (χ0v) is 19.3. The van der Waals surface area contributed by atoms with Crippen LogP contribution in [-0.4, -0.2) is 41.9 Å². The summed E-state index contributed by atoms with van der Waals surface area (Å²) in [5.74, 6) is 0.460. The standard InChI is InChI=1S/C25H39N3O2/c1-16(2)22(27-23(29)19-10-11-20(26)14-19)24(30)28-13-12-21(25(4,5)15-28)18-8-6-17(3)7-9-18/h6-9,16,19-22H,10-15,26H2,1-5H3,(H,27,29)/t19-,20+,21?,22+/m0/s1. The molecule has 2 aliphatic rings. The minimum atomic E-state index is -0.471. The molecular weight excluding hydrogens is 374 g/mol. The maximum atomic E-state index is 13.4. The van der Waals surface area contributed by atoms with Gasteiger partial charge in [-0.2, -0.15) is 0 Å². The topological polar surface area (TPSA) is 75.4 Å². The van der Waals surface area contributed by atoms with Crippen molar-refractivity contribution in [3.63, 3.8) is 0 Å². The van der Waals surface area contributed by atoms with Crippen molar-refractivity contribution in [1.82, 2.24) is 10.2 Å². The van der Waals surface area contributed by atoms with E-state index in [2.05, 4.69) is 50.4 Å². The third kappa shape index (κ3) is 5.05. The van der Waals surface area contributed by atoms with E-state index in [-0.39, 0.29) is 35.1 Å². The molecule has 5 nitrogen and oxygen atoms in total. The second kappa shape index (κ2) is 9.09. The van der Waals surface area contributed by atoms with Crippen LogP contribution in [0, 0.1) is 24.2 Å². The van der Waals surface area contributed by atoms with Gasteiger partial charge >= 0.3 is 0 Å². The molecule has 1 aliphatic carbocycles. The first-order chi connectivity index (χ1) is 14.1. The summed E-state index contributed by atoms with van der Waals surface area (Å²) in [6, 6.07) is 8.42. The lowest BCUT2D eigenvalue weighted by Gasteiger charge is -2.46. The van der Waals surface area contributed by atoms with Gasteiger partial charge in [0.15, 0.2) is 0 Å². The van der Waals surface area contributed by atoms with Crippen LogP contribution in [0.3, 0.4) is 0 Å². The van der Waals surface area contributed by atoms with Gasteiger partial charge < -0.3 is 16.0 Å². The molecule has 3 N–H and O–H groups in total. The third-order valence-electron chi connectivity index (χ3n) is 7.10. The van der Waals surface area contributed by atoms with E-state index in [9.17, 15) is 9.59 Å². The number of carbonyl (C=O) groups excluding carboxylic acids is 2. The number of carbonyl (C=O) groups is 2. The van der Waals surface area contributed by atoms with Crippen LogP contribution in [0.4, 0.5) is 0 Å². The minimum Gasteiger partial charge on any atom is -0.344 e. The summed E-state index contributed by atoms with van der Waals surface area (Å²) in [7, 11) is 0. The molecule has 1 aromatic carbocycles. The van der Waals surface area contributed by atoms with Crippen LogP contribution >= 0.6 is 0 Å². The van der Waals surface area contributed by atoms with E-state index in [1.165, 1.54) is 11.1 Å². The Morgan fingerprint density at radius 1 is 1.13 bits per heavy atom. The average molecular weight is 414 g/mol. The Hall–Kier alpha value is -1.88. The molecule has 5 heteroatoms. The Morgan fingerprint density at radius 3 is 2.33 bits per heavy atom. The van der Waals surface area contributed by atoms with Crippen molar-refractivity contribution in [2.24, 2.45) is 23.0 Å². The molecule has 1 heterocycles. The number of likely N-dealkylation sites (tertiary alicyclic amines) is 1. The lowest BCUT2D eigenvalue weighted by atomic mass is 9.70. The molecule has 1 saturated carbocycles. The van der Waals surface area contributed by atoms with Crippen LogP contribution in [0.25, 0.3) is 0 Å². The molecule has 166 valence electrons. The number of rotatable bonds is 5. The van der Waals surface area contributed by atoms with E-state index in [4.69, 9.17) is 5.73 Å². The smallest absolute Gasteiger partial charge is 0.245 e. The highest BCUT2D eigenvalue weighted by molar-refractivity contribution is 5.89. The Bertz CT molecular complexity index is 756. The minimum absolute atomic E-state index is 0.0104. The van der Waals surface area contributed by atoms with Gasteiger partial charge in [0.05, 0.1) is 0 Å². The Morgan fingerprint density at radius 2 is 1.80 bits per heavy atom. The number of piperidine rings is 1. The summed E-state index contributed by atoms with van der Waals surface area (Å²) >= 11 is 0. The van der Waals surface area contributed by atoms with Crippen molar-refractivity contribution in [1.29, 1.82) is 0 Å². The summed E-state index contributed by atoms with van der Waals surface area (Å²) < 4.78 is 0. The predicted octanol–water partition coefficient (Wildman–Crippen LogP) is 3.61. The van der Waals surface area contributed by atoms with E-state index < -0.39 is 6.04 Å². The average Bonchev–Trinajstić information content (AvgIpc) is 3.12. The number of hydrogen-bond donors (Lipinski definition) is 2. The highest BCUT2D eigenvalue weighted by Gasteiger charge is 2.41. The quantitative estimate of drug-likeness (QED) is 0.774. The highest BCUT2D eigenvalue weighted by atomic mass is 16.2. The summed E-state index contributed by atoms with van der Waals surface area (Å²) in [6.45, 7) is 12.1. The molecular formula is C25H39N3O2. The van der Waals surface area contributed by atoms with E-state index in [1.54, 1.807) is 0 Å². The fourth-order valence-corrected chi connectivity index (χ4v) is 5.20. The second-order valence-electron chi connectivity index (χ2n) is 10.5. The molecule has 0 bridgehead atoms. The van der Waals surface area contributed by atoms with Gasteiger partial charge in [-0.05, 0) is 55.4 Å². The maximum Gasteiger partial charge on any atom is 0.245 e. The molecule has 1 saturated heterocycles. The number of nitrogens with one attached hydrogen (secondary N) is 1. The fraction of sp³-hybridized carbons (Fsp3) is 0.680. The van der Waals surface area contributed by atoms with Crippen molar-refractivity contribution in [3.8, 4) is 0 Å². The molecule has 1 aliphatic heterocycles. The lowest BCUT2D eigenvalue weighted by Crippen LogP contribution is -2.56. The molecule has 1 aromatic rings. The monoisotopic (exact) mass is 413 g/mol. The molecule has 4 atom stereocenters. The number of nitrogens with zero attached hydrogens (tertiary/aromatic N) is 1. The number of nitrogens with two attached hydrogens (primary N) is 1. The SMILES string of the molecule is Cc1ccc(C2CCN(C(=O)[C@H](NC(=O)[C@H]3CC[C@@H](N)C3)C(C)C)CC2(C)C)cc1. The molecule has 2 fully saturated rings. The van der Waals surface area contributed by atoms with Gasteiger partial charge in [0.1, 0.15) is 6.04 Å². The molecule has 0 spiro atoms. The predicted molar refractivity (Wildman–Crippen MR) is 121 cm³/mol. The van der Waals surface area contributed by atoms with Gasteiger partial charge in [0.2, 0.25) is 11.8 Å². The van der Waals surface area contributed by atoms with Crippen molar-refractivity contribution in [2.75, 3.05) is 13.1 Å². The number of benzene rings is 1. The van der Waals surface area contributed by atoms with Crippen LogP contribution in [-0.2, 0) is 9.59 Å². The third-order valence-corrected chi connectivity index (χ3v) is 7.10. The second-order valence-corrected chi connectivity index (χ2v) is 10.5. The lowest BCUT2D eigenvalue weighted by molar-refractivity contribution is -0.141. The Balaban J connectivity index is 1.67. The fourth-order valence-electron chi connectivity index (χ4n) is 5.20. The van der Waals surface area contributed by atoms with Crippen molar-refractivity contribution < 1.29 is 9.59 Å². The maximum absolute atomic E-state index is 13.4. The first-order valence-electron chi connectivity index (χ1n) is 11.5. The number of hydrogen-bond acceptors (Lipinski definition) is 3. The first-order valence-corrected chi connectivity index (χ1v) is 11.5. The summed E-state index contributed by atoms with van der Waals surface area (Å²) in [5, 5.41) is 3.07. The van der Waals surface area contributed by atoms with E-state index in [0.29, 0.717) is 12.5 Å². The zero-order valence-electron chi connectivity index (χ0n) is 19.3. The van der Waals surface area contributed by atoms with Crippen LogP contribution in [0.2, 0.25) is 0 Å². The number of aryl methyl sites for hydroxylation is 1. The van der Waals surface area contributed by atoms with Gasteiger partial charge in [-0.15, -0.1) is 0 Å². The van der Waals surface area contributed by atoms with Crippen LogP contribution in [0.1, 0.15) is 70.4 Å². The van der Waals surface area contributed by atoms with Gasteiger partial charge in [-0.3, -0.25) is 9.59 Å². The molecule has 1 unspecified atom stereocenters. The van der Waals surface area contributed by atoms with Crippen molar-refractivity contribution in [3.05, 3.63) is 35.4 Å². The van der Waals surface area contributed by atoms with Gasteiger partial charge in [-0.1, -0.05) is 57.5 Å². The molecule has 0 radical (unpaired) electrons. The largest absolute Gasteiger partial charge is 0.344 e. The molecule has 30 heavy (non-hydrogen) atoms. The highest BCUT2D eigenvalue weighted by Crippen LogP contribution is 2.42. The molecule has 2 amide bonds. The van der Waals surface area contributed by atoms with Crippen LogP contribution in [0.15, 0.2) is 24.3 Å². The first kappa shape index (κ1) is 22.8. The Kier molecular flexibility index (Phi) is 6.91. The van der Waals surface area contributed by atoms with E-state index in [0.717, 1.165) is 32.2 Å². The van der Waals surface area contributed by atoms with Crippen LogP contribution < -0.4 is 11.1 Å². The van der Waals surface area contributed by atoms with Crippen molar-refractivity contribution in [2.45, 2.75) is 78.3 Å². The summed E-state index contributed by atoms with van der Waals surface area (Å²) in [4.78, 5) is 28.1. The van der Waals surface area contributed by atoms with E-state index in [1.807, 2.05) is 18.7 Å². The zero-order chi connectivity index (χ0) is 22.1. The van der Waals surface area contributed by atoms with Crippen LogP contribution in [0.5, 0.6) is 0 Å². The number of amides is 2. The summed E-state index contributed by atoms with van der Waals surface area (Å²) in [5.41, 5.74) is 8.57. The normalized spacial score (nSPS) is 27.2. The molecule has 0 aromatic heterocycles. The van der Waals surface area contributed by atoms with Gasteiger partial charge in [-0.25, -0.2) is 0 Å². The van der Waals surface area contributed by atoms with E-state index >= 15 is 0 Å². The van der Waals surface area contributed by atoms with Gasteiger partial charge in [0, 0.05) is 25.0 Å². The Labute approximate surface area is 181 Å². The van der Waals surface area contributed by atoms with Crippen molar-refractivity contribution >= 4 is 11.8 Å². The molecule has 3 rings (SSSR count).